The third-order valence-corrected chi connectivity index (χ3v) is 5.32. The zero-order chi connectivity index (χ0) is 19.1. The molecule has 0 saturated heterocycles. The van der Waals surface area contributed by atoms with Crippen LogP contribution >= 0.6 is 0 Å². The van der Waals surface area contributed by atoms with Crippen LogP contribution in [0, 0.1) is 0 Å². The Kier molecular flexibility index (Phi) is 4.28. The summed E-state index contributed by atoms with van der Waals surface area (Å²) >= 11 is 0. The van der Waals surface area contributed by atoms with Gasteiger partial charge >= 0.3 is 0 Å². The summed E-state index contributed by atoms with van der Waals surface area (Å²) in [5, 5.41) is 28.2. The van der Waals surface area contributed by atoms with E-state index in [1.165, 1.54) is 42.5 Å². The second-order valence-corrected chi connectivity index (χ2v) is 8.44. The number of aromatic hydroxyl groups is 1. The molecule has 0 unspecified atom stereocenters. The Labute approximate surface area is 149 Å². The van der Waals surface area contributed by atoms with Crippen LogP contribution in [0.2, 0.25) is 0 Å². The molecule has 0 saturated carbocycles. The minimum atomic E-state index is -3.92. The molecular formula is C14H15N5O5S2. The summed E-state index contributed by atoms with van der Waals surface area (Å²) in [5.41, 5.74) is 0.753. The van der Waals surface area contributed by atoms with E-state index in [4.69, 9.17) is 10.3 Å². The minimum Gasteiger partial charge on any atom is -0.493 e. The molecule has 1 heterocycles. The van der Waals surface area contributed by atoms with Gasteiger partial charge in [-0.05, 0) is 42.5 Å². The van der Waals surface area contributed by atoms with Crippen molar-refractivity contribution in [3.05, 3.63) is 42.5 Å². The van der Waals surface area contributed by atoms with Gasteiger partial charge in [-0.2, -0.15) is 5.11 Å². The van der Waals surface area contributed by atoms with Gasteiger partial charge in [0.15, 0.2) is 5.69 Å². The lowest BCUT2D eigenvalue weighted by atomic mass is 10.2. The van der Waals surface area contributed by atoms with Crippen molar-refractivity contribution in [3.63, 3.8) is 0 Å². The highest BCUT2D eigenvalue weighted by molar-refractivity contribution is 7.89. The van der Waals surface area contributed by atoms with E-state index in [-0.39, 0.29) is 22.8 Å². The smallest absolute Gasteiger partial charge is 0.238 e. The zero-order valence-corrected chi connectivity index (χ0v) is 14.6. The van der Waals surface area contributed by atoms with Gasteiger partial charge in [0.05, 0.1) is 21.0 Å². The Balaban J connectivity index is 0.00000261. The number of sulfonamides is 2. The van der Waals surface area contributed by atoms with Crippen LogP contribution in [-0.2, 0) is 20.0 Å². The normalized spacial score (nSPS) is 12.8. The molecule has 3 rings (SSSR count). The SMILES string of the molecule is NS(=O)(=O)c1ccc(N=Nc2c(O)[nH]c3ccc(S(N)(=O)=O)cc23)cc1.[HH]. The van der Waals surface area contributed by atoms with Crippen LogP contribution in [-0.4, -0.2) is 26.9 Å². The monoisotopic (exact) mass is 397 g/mol. The molecule has 0 aliphatic rings. The number of H-pyrrole nitrogens is 1. The molecule has 0 fully saturated rings. The number of azo groups is 1. The van der Waals surface area contributed by atoms with Crippen molar-refractivity contribution in [1.29, 1.82) is 0 Å². The molecule has 1 aromatic heterocycles. The Morgan fingerprint density at radius 3 is 2.04 bits per heavy atom. The molecule has 138 valence electrons. The number of nitrogens with one attached hydrogen (secondary N) is 1. The van der Waals surface area contributed by atoms with E-state index in [1.54, 1.807) is 0 Å². The fourth-order valence-corrected chi connectivity index (χ4v) is 3.29. The number of primary sulfonamides is 2. The topological polar surface area (TPSA) is 181 Å². The van der Waals surface area contributed by atoms with E-state index in [1.807, 2.05) is 0 Å². The van der Waals surface area contributed by atoms with E-state index in [9.17, 15) is 21.9 Å². The second-order valence-electron chi connectivity index (χ2n) is 5.31. The van der Waals surface area contributed by atoms with Crippen molar-refractivity contribution in [1.82, 2.24) is 4.98 Å². The molecule has 26 heavy (non-hydrogen) atoms. The van der Waals surface area contributed by atoms with Gasteiger partial charge < -0.3 is 10.1 Å². The van der Waals surface area contributed by atoms with Gasteiger partial charge in [0, 0.05) is 6.81 Å². The van der Waals surface area contributed by atoms with Crippen molar-refractivity contribution >= 4 is 42.3 Å². The quantitative estimate of drug-likeness (QED) is 0.489. The lowest BCUT2D eigenvalue weighted by Crippen LogP contribution is -2.11. The Bertz CT molecular complexity index is 1230. The highest BCUT2D eigenvalue weighted by Gasteiger charge is 2.15. The summed E-state index contributed by atoms with van der Waals surface area (Å²) in [5.74, 6) is -0.309. The molecule has 0 amide bonds. The largest absolute Gasteiger partial charge is 0.493 e. The Morgan fingerprint density at radius 2 is 1.46 bits per heavy atom. The number of aromatic amines is 1. The summed E-state index contributed by atoms with van der Waals surface area (Å²) in [6.07, 6.45) is 0. The van der Waals surface area contributed by atoms with Crippen LogP contribution in [0.5, 0.6) is 5.88 Å². The maximum atomic E-state index is 11.5. The van der Waals surface area contributed by atoms with Crippen molar-refractivity contribution < 1.29 is 23.4 Å². The number of rotatable bonds is 4. The third kappa shape index (κ3) is 3.57. The van der Waals surface area contributed by atoms with Crippen molar-refractivity contribution in [2.24, 2.45) is 20.5 Å². The Hall–Kier alpha value is -2.80. The highest BCUT2D eigenvalue weighted by Crippen LogP contribution is 2.37. The second kappa shape index (κ2) is 6.17. The molecule has 12 heteroatoms. The first-order valence-electron chi connectivity index (χ1n) is 6.98. The summed E-state index contributed by atoms with van der Waals surface area (Å²) in [6.45, 7) is 0. The van der Waals surface area contributed by atoms with Crippen LogP contribution in [0.4, 0.5) is 11.4 Å². The average Bonchev–Trinajstić information content (AvgIpc) is 2.86. The van der Waals surface area contributed by atoms with Crippen LogP contribution in [0.1, 0.15) is 1.43 Å². The first kappa shape index (κ1) is 18.0. The van der Waals surface area contributed by atoms with Gasteiger partial charge in [-0.15, -0.1) is 5.11 Å². The maximum absolute atomic E-state index is 11.5. The number of nitrogens with two attached hydrogens (primary N) is 2. The molecule has 0 aliphatic heterocycles. The van der Waals surface area contributed by atoms with Crippen molar-refractivity contribution in [2.75, 3.05) is 0 Å². The molecule has 0 spiro atoms. The molecule has 0 atom stereocenters. The van der Waals surface area contributed by atoms with Crippen LogP contribution in [0.25, 0.3) is 10.9 Å². The summed E-state index contributed by atoms with van der Waals surface area (Å²) < 4.78 is 45.4. The lowest BCUT2D eigenvalue weighted by molar-refractivity contribution is 0.459. The molecule has 0 radical (unpaired) electrons. The first-order chi connectivity index (χ1) is 12.1. The van der Waals surface area contributed by atoms with Crippen LogP contribution in [0.3, 0.4) is 0 Å². The molecule has 10 nitrogen and oxygen atoms in total. The van der Waals surface area contributed by atoms with E-state index >= 15 is 0 Å². The van der Waals surface area contributed by atoms with Gasteiger partial charge in [0.2, 0.25) is 25.9 Å². The highest BCUT2D eigenvalue weighted by atomic mass is 32.2. The number of nitrogens with zero attached hydrogens (tertiary/aromatic N) is 2. The van der Waals surface area contributed by atoms with Crippen molar-refractivity contribution in [2.45, 2.75) is 9.79 Å². The van der Waals surface area contributed by atoms with E-state index in [0.717, 1.165) is 0 Å². The van der Waals surface area contributed by atoms with Gasteiger partial charge in [0.25, 0.3) is 0 Å². The summed E-state index contributed by atoms with van der Waals surface area (Å²) in [4.78, 5) is 2.42. The predicted molar refractivity (Wildman–Crippen MR) is 95.4 cm³/mol. The van der Waals surface area contributed by atoms with E-state index in [2.05, 4.69) is 15.2 Å². The first-order valence-corrected chi connectivity index (χ1v) is 10.1. The molecular weight excluding hydrogens is 382 g/mol. The van der Waals surface area contributed by atoms with Crippen LogP contribution in [0.15, 0.2) is 62.5 Å². The average molecular weight is 397 g/mol. The summed E-state index contributed by atoms with van der Waals surface area (Å²) in [6, 6.07) is 9.28. The number of benzene rings is 2. The molecule has 6 N–H and O–H groups in total. The number of fused-ring (bicyclic) bond motifs is 1. The zero-order valence-electron chi connectivity index (χ0n) is 13.0. The van der Waals surface area contributed by atoms with Gasteiger partial charge in [-0.3, -0.25) is 0 Å². The van der Waals surface area contributed by atoms with Gasteiger partial charge in [-0.1, -0.05) is 0 Å². The van der Waals surface area contributed by atoms with Gasteiger partial charge in [0.1, 0.15) is 0 Å². The van der Waals surface area contributed by atoms with Crippen LogP contribution < -0.4 is 10.3 Å². The fourth-order valence-electron chi connectivity index (χ4n) is 2.23. The molecule has 3 aromatic rings. The Morgan fingerprint density at radius 1 is 0.885 bits per heavy atom. The predicted octanol–water partition coefficient (Wildman–Crippen LogP) is 1.83. The molecule has 0 bridgehead atoms. The van der Waals surface area contributed by atoms with Crippen molar-refractivity contribution in [3.8, 4) is 5.88 Å². The minimum absolute atomic E-state index is 0. The van der Waals surface area contributed by atoms with Gasteiger partial charge in [-0.25, -0.2) is 27.1 Å². The van der Waals surface area contributed by atoms with E-state index < -0.39 is 20.0 Å². The number of aromatic nitrogens is 1. The number of hydrogen-bond acceptors (Lipinski definition) is 7. The lowest BCUT2D eigenvalue weighted by Gasteiger charge is -1.99. The standard InChI is InChI=1S/C14H13N5O5S2.H2/c15-25(21,22)9-3-1-8(2-4-9)18-19-13-11-7-10(26(16,23)24)5-6-12(11)17-14(13)20;/h1-7,17,20H,(H2,15,21,22)(H2,16,23,24);1H. The summed E-state index contributed by atoms with van der Waals surface area (Å²) in [7, 11) is -7.74. The molecule has 0 aliphatic carbocycles. The molecule has 2 aromatic carbocycles. The third-order valence-electron chi connectivity index (χ3n) is 3.48. The maximum Gasteiger partial charge on any atom is 0.238 e. The fraction of sp³-hybridized carbons (Fsp3) is 0. The number of hydrogen-bond donors (Lipinski definition) is 4. The van der Waals surface area contributed by atoms with E-state index in [0.29, 0.717) is 16.6 Å².